The molecule has 1 aromatic rings. The van der Waals surface area contributed by atoms with Crippen molar-refractivity contribution in [3.63, 3.8) is 0 Å². The van der Waals surface area contributed by atoms with E-state index in [9.17, 15) is 0 Å². The Morgan fingerprint density at radius 1 is 1.22 bits per heavy atom. The second kappa shape index (κ2) is 7.07. The average Bonchev–Trinajstić information content (AvgIpc) is 2.41. The summed E-state index contributed by atoms with van der Waals surface area (Å²) >= 11 is 3.60. The molecule has 0 aliphatic heterocycles. The molecule has 1 unspecified atom stereocenters. The fraction of sp³-hybridized carbons (Fsp3) is 0.467. The molecule has 3 N–H and O–H groups in total. The zero-order valence-corrected chi connectivity index (χ0v) is 12.2. The summed E-state index contributed by atoms with van der Waals surface area (Å²) < 4.78 is 1.17. The van der Waals surface area contributed by atoms with Crippen molar-refractivity contribution in [3.05, 3.63) is 46.0 Å². The fourth-order valence-corrected chi connectivity index (χ4v) is 2.97. The van der Waals surface area contributed by atoms with E-state index < -0.39 is 0 Å². The lowest BCUT2D eigenvalue weighted by atomic mass is 9.92. The van der Waals surface area contributed by atoms with Crippen molar-refractivity contribution in [2.75, 3.05) is 0 Å². The third kappa shape index (κ3) is 3.94. The monoisotopic (exact) mass is 308 g/mol. The van der Waals surface area contributed by atoms with Gasteiger partial charge in [0.1, 0.15) is 0 Å². The molecule has 3 heteroatoms. The SMILES string of the molecule is NNC(CC1=CCCCC1)Cc1ccccc1Br. The Morgan fingerprint density at radius 2 is 2.06 bits per heavy atom. The Hall–Kier alpha value is -0.640. The minimum atomic E-state index is 0.327. The highest BCUT2D eigenvalue weighted by molar-refractivity contribution is 9.10. The van der Waals surface area contributed by atoms with Crippen LogP contribution < -0.4 is 11.3 Å². The van der Waals surface area contributed by atoms with Gasteiger partial charge in [-0.15, -0.1) is 0 Å². The summed E-state index contributed by atoms with van der Waals surface area (Å²) in [5, 5.41) is 0. The molecular formula is C15H21BrN2. The zero-order valence-electron chi connectivity index (χ0n) is 10.7. The van der Waals surface area contributed by atoms with E-state index >= 15 is 0 Å². The summed E-state index contributed by atoms with van der Waals surface area (Å²) in [5.74, 6) is 5.70. The molecule has 0 radical (unpaired) electrons. The van der Waals surface area contributed by atoms with Crippen molar-refractivity contribution >= 4 is 15.9 Å². The van der Waals surface area contributed by atoms with Crippen molar-refractivity contribution in [2.24, 2.45) is 5.84 Å². The molecule has 1 aliphatic rings. The van der Waals surface area contributed by atoms with Gasteiger partial charge in [0.25, 0.3) is 0 Å². The van der Waals surface area contributed by atoms with Crippen LogP contribution in [-0.4, -0.2) is 6.04 Å². The summed E-state index contributed by atoms with van der Waals surface area (Å²) in [6, 6.07) is 8.69. The van der Waals surface area contributed by atoms with Gasteiger partial charge in [-0.3, -0.25) is 11.3 Å². The van der Waals surface area contributed by atoms with E-state index in [2.05, 4.69) is 45.6 Å². The lowest BCUT2D eigenvalue weighted by Crippen LogP contribution is -2.37. The lowest BCUT2D eigenvalue weighted by molar-refractivity contribution is 0.504. The van der Waals surface area contributed by atoms with E-state index in [-0.39, 0.29) is 0 Å². The number of allylic oxidation sites excluding steroid dienone is 1. The molecule has 2 rings (SSSR count). The van der Waals surface area contributed by atoms with E-state index in [1.165, 1.54) is 35.7 Å². The first-order chi connectivity index (χ1) is 8.79. The van der Waals surface area contributed by atoms with E-state index in [1.807, 2.05) is 6.07 Å². The maximum atomic E-state index is 5.70. The van der Waals surface area contributed by atoms with E-state index in [4.69, 9.17) is 5.84 Å². The van der Waals surface area contributed by atoms with Crippen LogP contribution in [-0.2, 0) is 6.42 Å². The van der Waals surface area contributed by atoms with Crippen LogP contribution in [0.2, 0.25) is 0 Å². The lowest BCUT2D eigenvalue weighted by Gasteiger charge is -2.20. The molecule has 0 heterocycles. The van der Waals surface area contributed by atoms with Crippen molar-refractivity contribution in [1.82, 2.24) is 5.43 Å². The second-order valence-corrected chi connectivity index (χ2v) is 5.83. The van der Waals surface area contributed by atoms with Gasteiger partial charge in [-0.2, -0.15) is 0 Å². The van der Waals surface area contributed by atoms with Gasteiger partial charge in [-0.05, 0) is 50.2 Å². The first-order valence-electron chi connectivity index (χ1n) is 6.67. The Balaban J connectivity index is 1.97. The number of benzene rings is 1. The highest BCUT2D eigenvalue weighted by Crippen LogP contribution is 2.24. The molecule has 2 nitrogen and oxygen atoms in total. The molecule has 0 saturated carbocycles. The average molecular weight is 309 g/mol. The third-order valence-electron chi connectivity index (χ3n) is 3.55. The van der Waals surface area contributed by atoms with Crippen LogP contribution in [0.4, 0.5) is 0 Å². The molecule has 1 aliphatic carbocycles. The Bertz CT molecular complexity index is 415. The first-order valence-corrected chi connectivity index (χ1v) is 7.46. The molecule has 0 amide bonds. The third-order valence-corrected chi connectivity index (χ3v) is 4.33. The molecule has 18 heavy (non-hydrogen) atoms. The van der Waals surface area contributed by atoms with Crippen LogP contribution in [0.25, 0.3) is 0 Å². The number of hydrogen-bond donors (Lipinski definition) is 2. The van der Waals surface area contributed by atoms with Gasteiger partial charge in [0, 0.05) is 10.5 Å². The maximum absolute atomic E-state index is 5.70. The minimum absolute atomic E-state index is 0.327. The maximum Gasteiger partial charge on any atom is 0.0288 e. The van der Waals surface area contributed by atoms with Crippen LogP contribution in [0, 0.1) is 0 Å². The largest absolute Gasteiger partial charge is 0.271 e. The Kier molecular flexibility index (Phi) is 5.42. The van der Waals surface area contributed by atoms with Gasteiger partial charge in [0.15, 0.2) is 0 Å². The van der Waals surface area contributed by atoms with E-state index in [0.29, 0.717) is 6.04 Å². The number of halogens is 1. The Labute approximate surface area is 118 Å². The van der Waals surface area contributed by atoms with E-state index in [0.717, 1.165) is 12.8 Å². The molecule has 0 saturated heterocycles. The molecule has 0 fully saturated rings. The molecule has 1 atom stereocenters. The number of nitrogens with one attached hydrogen (secondary N) is 1. The molecule has 0 bridgehead atoms. The fourth-order valence-electron chi connectivity index (χ4n) is 2.53. The predicted octanol–water partition coefficient (Wildman–Crippen LogP) is 3.71. The van der Waals surface area contributed by atoms with Crippen molar-refractivity contribution in [3.8, 4) is 0 Å². The van der Waals surface area contributed by atoms with Crippen LogP contribution in [0.15, 0.2) is 40.4 Å². The van der Waals surface area contributed by atoms with Gasteiger partial charge >= 0.3 is 0 Å². The van der Waals surface area contributed by atoms with Gasteiger partial charge in [-0.1, -0.05) is 45.8 Å². The van der Waals surface area contributed by atoms with Gasteiger partial charge in [0.2, 0.25) is 0 Å². The molecule has 0 spiro atoms. The summed E-state index contributed by atoms with van der Waals surface area (Å²) in [6.45, 7) is 0. The number of nitrogens with two attached hydrogens (primary N) is 1. The summed E-state index contributed by atoms with van der Waals surface area (Å²) in [5.41, 5.74) is 5.85. The molecule has 0 aromatic heterocycles. The van der Waals surface area contributed by atoms with Crippen LogP contribution in [0.5, 0.6) is 0 Å². The summed E-state index contributed by atoms with van der Waals surface area (Å²) in [7, 11) is 0. The molecule has 1 aromatic carbocycles. The second-order valence-electron chi connectivity index (χ2n) is 4.97. The normalized spacial score (nSPS) is 17.3. The topological polar surface area (TPSA) is 38.0 Å². The summed E-state index contributed by atoms with van der Waals surface area (Å²) in [6.07, 6.45) is 9.59. The number of hydrazine groups is 1. The first kappa shape index (κ1) is 13.8. The van der Waals surface area contributed by atoms with Crippen molar-refractivity contribution in [1.29, 1.82) is 0 Å². The highest BCUT2D eigenvalue weighted by atomic mass is 79.9. The smallest absolute Gasteiger partial charge is 0.0288 e. The van der Waals surface area contributed by atoms with Gasteiger partial charge in [0.05, 0.1) is 0 Å². The number of rotatable bonds is 5. The van der Waals surface area contributed by atoms with E-state index in [1.54, 1.807) is 5.57 Å². The number of hydrogen-bond acceptors (Lipinski definition) is 2. The predicted molar refractivity (Wildman–Crippen MR) is 80.1 cm³/mol. The zero-order chi connectivity index (χ0) is 12.8. The van der Waals surface area contributed by atoms with Crippen molar-refractivity contribution < 1.29 is 0 Å². The standard InChI is InChI=1S/C15H21BrN2/c16-15-9-5-4-8-13(15)11-14(18-17)10-12-6-2-1-3-7-12/h4-6,8-9,14,18H,1-3,7,10-11,17H2. The highest BCUT2D eigenvalue weighted by Gasteiger charge is 2.13. The van der Waals surface area contributed by atoms with Crippen molar-refractivity contribution in [2.45, 2.75) is 44.6 Å². The van der Waals surface area contributed by atoms with Gasteiger partial charge in [-0.25, -0.2) is 0 Å². The molecular weight excluding hydrogens is 288 g/mol. The quantitative estimate of drug-likeness (QED) is 0.494. The van der Waals surface area contributed by atoms with Crippen LogP contribution in [0.3, 0.4) is 0 Å². The van der Waals surface area contributed by atoms with Crippen LogP contribution >= 0.6 is 15.9 Å². The molecule has 98 valence electrons. The Morgan fingerprint density at radius 3 is 2.72 bits per heavy atom. The summed E-state index contributed by atoms with van der Waals surface area (Å²) in [4.78, 5) is 0. The minimum Gasteiger partial charge on any atom is -0.271 e. The van der Waals surface area contributed by atoms with Crippen LogP contribution in [0.1, 0.15) is 37.7 Å². The van der Waals surface area contributed by atoms with Gasteiger partial charge < -0.3 is 0 Å².